The Hall–Kier alpha value is -4.12. The third-order valence-corrected chi connectivity index (χ3v) is 9.21. The van der Waals surface area contributed by atoms with Gasteiger partial charge in [-0.1, -0.05) is 60.5 Å². The number of thioether (sulfide) groups is 1. The monoisotopic (exact) mass is 603 g/mol. The predicted molar refractivity (Wildman–Crippen MR) is 165 cm³/mol. The number of carbonyl (C=O) groups is 4. The van der Waals surface area contributed by atoms with Crippen LogP contribution in [0.2, 0.25) is 0 Å². The van der Waals surface area contributed by atoms with Gasteiger partial charge in [-0.15, -0.1) is 0 Å². The Bertz CT molecular complexity index is 1430. The zero-order valence-electron chi connectivity index (χ0n) is 24.0. The number of hydrogen-bond acceptors (Lipinski definition) is 7. The summed E-state index contributed by atoms with van der Waals surface area (Å²) >= 11 is 1.91. The van der Waals surface area contributed by atoms with Crippen LogP contribution in [0.1, 0.15) is 64.9 Å². The number of hydrogen-bond donors (Lipinski definition) is 4. The zero-order valence-corrected chi connectivity index (χ0v) is 24.8. The molecule has 2 fully saturated rings. The molecule has 0 aliphatic carbocycles. The molecule has 2 saturated heterocycles. The van der Waals surface area contributed by atoms with Crippen LogP contribution in [-0.4, -0.2) is 65.0 Å². The fourth-order valence-corrected chi connectivity index (χ4v) is 6.98. The van der Waals surface area contributed by atoms with Gasteiger partial charge < -0.3 is 25.8 Å². The van der Waals surface area contributed by atoms with Crippen LogP contribution >= 0.6 is 11.8 Å². The molecule has 10 nitrogen and oxygen atoms in total. The minimum absolute atomic E-state index is 0.0594. The Morgan fingerprint density at radius 3 is 2.56 bits per heavy atom. The number of amides is 4. The van der Waals surface area contributed by atoms with Crippen LogP contribution < -0.4 is 21.3 Å². The van der Waals surface area contributed by atoms with Gasteiger partial charge in [-0.2, -0.15) is 11.8 Å². The lowest BCUT2D eigenvalue weighted by Gasteiger charge is -2.16. The summed E-state index contributed by atoms with van der Waals surface area (Å²) in [7, 11) is 0. The summed E-state index contributed by atoms with van der Waals surface area (Å²) in [6, 6.07) is 18.6. The third-order valence-electron chi connectivity index (χ3n) is 7.70. The molecule has 0 saturated carbocycles. The van der Waals surface area contributed by atoms with Crippen LogP contribution in [0, 0.1) is 0 Å². The molecule has 5 rings (SSSR count). The molecule has 2 aliphatic rings. The van der Waals surface area contributed by atoms with Crippen molar-refractivity contribution in [3.63, 3.8) is 0 Å². The van der Waals surface area contributed by atoms with Crippen molar-refractivity contribution < 1.29 is 23.7 Å². The van der Waals surface area contributed by atoms with Gasteiger partial charge in [0, 0.05) is 54.1 Å². The van der Waals surface area contributed by atoms with Gasteiger partial charge in [0.05, 0.1) is 12.1 Å². The largest absolute Gasteiger partial charge is 0.355 e. The van der Waals surface area contributed by atoms with E-state index in [1.807, 2.05) is 48.2 Å². The second-order valence-corrected chi connectivity index (χ2v) is 12.2. The van der Waals surface area contributed by atoms with E-state index in [1.165, 1.54) is 0 Å². The highest BCUT2D eigenvalue weighted by molar-refractivity contribution is 8.00. The third kappa shape index (κ3) is 8.47. The van der Waals surface area contributed by atoms with Crippen molar-refractivity contribution in [2.75, 3.05) is 18.8 Å². The number of Topliss-reactive ketones (excluding diaryl/α,β-unsaturated/α-hetero) is 1. The highest BCUT2D eigenvalue weighted by atomic mass is 32.2. The van der Waals surface area contributed by atoms with Crippen molar-refractivity contribution in [2.24, 2.45) is 0 Å². The SMILES string of the molecule is O=C(CCCCC[C@@H]1SC[C@@H]2NC(=O)N[C@@H]21)Cc1cccc(C(=O)NCCCNC(=O)c2cc(-c3ccccc3)on2)c1. The maximum absolute atomic E-state index is 12.6. The van der Waals surface area contributed by atoms with Crippen LogP contribution in [0.3, 0.4) is 0 Å². The first-order chi connectivity index (χ1) is 21.0. The van der Waals surface area contributed by atoms with Gasteiger partial charge in [-0.25, -0.2) is 4.79 Å². The second-order valence-electron chi connectivity index (χ2n) is 10.9. The van der Waals surface area contributed by atoms with E-state index in [0.717, 1.165) is 42.6 Å². The van der Waals surface area contributed by atoms with E-state index >= 15 is 0 Å². The van der Waals surface area contributed by atoms with Gasteiger partial charge in [0.25, 0.3) is 11.8 Å². The Morgan fingerprint density at radius 2 is 1.72 bits per heavy atom. The normalized spacial score (nSPS) is 18.9. The van der Waals surface area contributed by atoms with E-state index in [9.17, 15) is 19.2 Å². The summed E-state index contributed by atoms with van der Waals surface area (Å²) in [5, 5.41) is 15.9. The lowest BCUT2D eigenvalue weighted by atomic mass is 10.00. The molecule has 0 radical (unpaired) electrons. The van der Waals surface area contributed by atoms with Gasteiger partial charge in [-0.3, -0.25) is 14.4 Å². The first-order valence-electron chi connectivity index (χ1n) is 14.8. The lowest BCUT2D eigenvalue weighted by molar-refractivity contribution is -0.118. The molecule has 0 unspecified atom stereocenters. The number of ketones is 1. The minimum Gasteiger partial charge on any atom is -0.355 e. The molecule has 3 atom stereocenters. The highest BCUT2D eigenvalue weighted by Gasteiger charge is 2.42. The minimum atomic E-state index is -0.336. The van der Waals surface area contributed by atoms with E-state index in [-0.39, 0.29) is 41.4 Å². The first-order valence-corrected chi connectivity index (χ1v) is 15.9. The number of aromatic nitrogens is 1. The maximum atomic E-state index is 12.6. The highest BCUT2D eigenvalue weighted by Crippen LogP contribution is 2.33. The summed E-state index contributed by atoms with van der Waals surface area (Å²) in [5.74, 6) is 1.10. The average Bonchev–Trinajstić information content (AvgIpc) is 3.74. The zero-order chi connectivity index (χ0) is 30.0. The summed E-state index contributed by atoms with van der Waals surface area (Å²) in [6.07, 6.45) is 5.29. The lowest BCUT2D eigenvalue weighted by Crippen LogP contribution is -2.36. The van der Waals surface area contributed by atoms with E-state index in [2.05, 4.69) is 26.4 Å². The van der Waals surface area contributed by atoms with Crippen molar-refractivity contribution in [1.29, 1.82) is 0 Å². The molecule has 4 N–H and O–H groups in total. The predicted octanol–water partition coefficient (Wildman–Crippen LogP) is 4.12. The smallest absolute Gasteiger partial charge is 0.315 e. The van der Waals surface area contributed by atoms with Crippen LogP contribution in [0.25, 0.3) is 11.3 Å². The fourth-order valence-electron chi connectivity index (χ4n) is 5.43. The number of rotatable bonds is 15. The molecule has 2 aromatic carbocycles. The van der Waals surface area contributed by atoms with Gasteiger partial charge in [0.1, 0.15) is 5.78 Å². The number of unbranched alkanes of at least 4 members (excludes halogenated alkanes) is 2. The summed E-state index contributed by atoms with van der Waals surface area (Å²) < 4.78 is 5.27. The van der Waals surface area contributed by atoms with E-state index in [1.54, 1.807) is 24.3 Å². The maximum Gasteiger partial charge on any atom is 0.315 e. The van der Waals surface area contributed by atoms with Crippen LogP contribution in [0.5, 0.6) is 0 Å². The number of fused-ring (bicyclic) bond motifs is 1. The summed E-state index contributed by atoms with van der Waals surface area (Å²) in [5.41, 5.74) is 2.37. The number of carbonyl (C=O) groups excluding carboxylic acids is 4. The van der Waals surface area contributed by atoms with Crippen LogP contribution in [0.15, 0.2) is 65.2 Å². The topological polar surface area (TPSA) is 142 Å². The molecule has 0 bridgehead atoms. The molecule has 11 heteroatoms. The standard InChI is InChI=1S/C32H37N5O5S/c38-24(13-5-2-6-14-28-29-26(20-43-28)35-32(41)36-29)18-21-9-7-12-23(17-21)30(39)33-15-8-16-34-31(40)25-19-27(42-37-25)22-10-3-1-4-11-22/h1,3-4,7,9-12,17,19,26,28-29H,2,5-6,8,13-16,18,20H2,(H,33,39)(H,34,40)(H2,35,36,41)/t26-,28-,29-/m0/s1. The summed E-state index contributed by atoms with van der Waals surface area (Å²) in [4.78, 5) is 49.1. The van der Waals surface area contributed by atoms with Crippen molar-refractivity contribution >= 4 is 35.4 Å². The summed E-state index contributed by atoms with van der Waals surface area (Å²) in [6.45, 7) is 0.759. The molecule has 0 spiro atoms. The number of nitrogens with zero attached hydrogens (tertiary/aromatic N) is 1. The Morgan fingerprint density at radius 1 is 0.907 bits per heavy atom. The Labute approximate surface area is 255 Å². The first kappa shape index (κ1) is 30.3. The van der Waals surface area contributed by atoms with Crippen molar-refractivity contribution in [3.8, 4) is 11.3 Å². The molecule has 226 valence electrons. The van der Waals surface area contributed by atoms with E-state index in [4.69, 9.17) is 4.52 Å². The molecule has 3 heterocycles. The fraction of sp³-hybridized carbons (Fsp3) is 0.406. The Kier molecular flexibility index (Phi) is 10.5. The van der Waals surface area contributed by atoms with E-state index in [0.29, 0.717) is 48.9 Å². The average molecular weight is 604 g/mol. The van der Waals surface area contributed by atoms with Gasteiger partial charge in [0.15, 0.2) is 11.5 Å². The molecular formula is C32H37N5O5S. The van der Waals surface area contributed by atoms with Gasteiger partial charge in [-0.05, 0) is 37.0 Å². The second kappa shape index (κ2) is 14.9. The van der Waals surface area contributed by atoms with Gasteiger partial charge in [0.2, 0.25) is 0 Å². The quantitative estimate of drug-likeness (QED) is 0.151. The van der Waals surface area contributed by atoms with Crippen molar-refractivity contribution in [3.05, 3.63) is 77.5 Å². The number of nitrogens with one attached hydrogen (secondary N) is 4. The number of benzene rings is 2. The van der Waals surface area contributed by atoms with Gasteiger partial charge >= 0.3 is 6.03 Å². The molecule has 4 amide bonds. The molecule has 43 heavy (non-hydrogen) atoms. The molecule has 2 aliphatic heterocycles. The van der Waals surface area contributed by atoms with E-state index < -0.39 is 0 Å². The Balaban J connectivity index is 0.949. The van der Waals surface area contributed by atoms with Crippen LogP contribution in [-0.2, 0) is 11.2 Å². The van der Waals surface area contributed by atoms with Crippen molar-refractivity contribution in [2.45, 2.75) is 62.3 Å². The van der Waals surface area contributed by atoms with Crippen molar-refractivity contribution in [1.82, 2.24) is 26.4 Å². The molecule has 3 aromatic rings. The molecule has 1 aromatic heterocycles. The number of urea groups is 1. The molecular weight excluding hydrogens is 566 g/mol. The van der Waals surface area contributed by atoms with Crippen LogP contribution in [0.4, 0.5) is 4.79 Å².